The summed E-state index contributed by atoms with van der Waals surface area (Å²) in [7, 11) is 3.34. The van der Waals surface area contributed by atoms with Crippen molar-refractivity contribution in [1.29, 1.82) is 0 Å². The zero-order valence-corrected chi connectivity index (χ0v) is 19.6. The Morgan fingerprint density at radius 1 is 1.32 bits per heavy atom. The predicted octanol–water partition coefficient (Wildman–Crippen LogP) is 2.90. The smallest absolute Gasteiger partial charge is 0.232 e. The summed E-state index contributed by atoms with van der Waals surface area (Å²) < 4.78 is 19.3. The van der Waals surface area contributed by atoms with Crippen molar-refractivity contribution in [1.82, 2.24) is 20.2 Å². The first kappa shape index (κ1) is 22.6. The highest BCUT2D eigenvalue weighted by atomic mass is 127. The van der Waals surface area contributed by atoms with Gasteiger partial charge in [-0.2, -0.15) is 4.98 Å². The van der Waals surface area contributed by atoms with E-state index in [0.29, 0.717) is 18.4 Å². The average Bonchev–Trinajstić information content (AvgIpc) is 2.69. The fourth-order valence-corrected chi connectivity index (χ4v) is 3.27. The van der Waals surface area contributed by atoms with Crippen molar-refractivity contribution >= 4 is 51.8 Å². The largest absolute Gasteiger partial charge is 0.480 e. The number of benzene rings is 1. The van der Waals surface area contributed by atoms with Gasteiger partial charge in [-0.25, -0.2) is 9.37 Å². The average molecular weight is 565 g/mol. The lowest BCUT2D eigenvalue weighted by Crippen LogP contribution is -2.52. The predicted molar refractivity (Wildman–Crippen MR) is 122 cm³/mol. The number of hydrogen-bond donors (Lipinski definition) is 1. The highest BCUT2D eigenvalue weighted by Gasteiger charge is 2.22. The third-order valence-corrected chi connectivity index (χ3v) is 4.85. The van der Waals surface area contributed by atoms with Crippen LogP contribution in [0.3, 0.4) is 0 Å². The van der Waals surface area contributed by atoms with Gasteiger partial charge in [0.15, 0.2) is 5.96 Å². The minimum absolute atomic E-state index is 0. The first-order valence-corrected chi connectivity index (χ1v) is 9.41. The Labute approximate surface area is 189 Å². The first-order chi connectivity index (χ1) is 13.1. The Morgan fingerprint density at radius 2 is 2.07 bits per heavy atom. The SMILES string of the molecule is CN=C(NCc1cccc(F)c1)N1CCN(c2ncc(Br)c(OC)n2)CC1.I. The van der Waals surface area contributed by atoms with Crippen LogP contribution < -0.4 is 15.0 Å². The van der Waals surface area contributed by atoms with Crippen molar-refractivity contribution in [2.75, 3.05) is 45.2 Å². The van der Waals surface area contributed by atoms with E-state index in [0.717, 1.165) is 42.2 Å². The number of nitrogens with zero attached hydrogens (tertiary/aromatic N) is 5. The standard InChI is InChI=1S/C18H22BrFN6O.HI/c1-21-17(22-11-13-4-3-5-14(20)10-13)25-6-8-26(9-7-25)18-23-12-15(19)16(24-18)27-2;/h3-5,10,12H,6-9,11H2,1-2H3,(H,21,22);1H. The molecule has 0 aliphatic carbocycles. The van der Waals surface area contributed by atoms with E-state index < -0.39 is 0 Å². The highest BCUT2D eigenvalue weighted by Crippen LogP contribution is 2.23. The summed E-state index contributed by atoms with van der Waals surface area (Å²) in [6.07, 6.45) is 1.70. The van der Waals surface area contributed by atoms with E-state index in [1.165, 1.54) is 12.1 Å². The molecule has 1 fully saturated rings. The van der Waals surface area contributed by atoms with E-state index in [1.807, 2.05) is 6.07 Å². The number of aliphatic imine (C=N–C) groups is 1. The molecule has 0 bridgehead atoms. The summed E-state index contributed by atoms with van der Waals surface area (Å²) in [6, 6.07) is 6.56. The molecule has 0 spiro atoms. The van der Waals surface area contributed by atoms with E-state index in [-0.39, 0.29) is 29.8 Å². The van der Waals surface area contributed by atoms with Crippen LogP contribution in [-0.4, -0.2) is 61.2 Å². The Morgan fingerprint density at radius 3 is 2.71 bits per heavy atom. The van der Waals surface area contributed by atoms with Crippen molar-refractivity contribution in [3.8, 4) is 5.88 Å². The van der Waals surface area contributed by atoms with Gasteiger partial charge in [0.05, 0.1) is 17.8 Å². The monoisotopic (exact) mass is 564 g/mol. The molecule has 1 N–H and O–H groups in total. The van der Waals surface area contributed by atoms with Gasteiger partial charge in [-0.15, -0.1) is 24.0 Å². The van der Waals surface area contributed by atoms with E-state index in [2.05, 4.69) is 46.0 Å². The molecular weight excluding hydrogens is 542 g/mol. The van der Waals surface area contributed by atoms with Crippen LogP contribution >= 0.6 is 39.9 Å². The molecular formula is C18H23BrFIN6O. The second-order valence-electron chi connectivity index (χ2n) is 6.03. The summed E-state index contributed by atoms with van der Waals surface area (Å²) in [4.78, 5) is 17.4. The van der Waals surface area contributed by atoms with Gasteiger partial charge in [-0.3, -0.25) is 4.99 Å². The van der Waals surface area contributed by atoms with Gasteiger partial charge in [-0.05, 0) is 33.6 Å². The lowest BCUT2D eigenvalue weighted by atomic mass is 10.2. The summed E-state index contributed by atoms with van der Waals surface area (Å²) >= 11 is 3.37. The van der Waals surface area contributed by atoms with E-state index >= 15 is 0 Å². The third-order valence-electron chi connectivity index (χ3n) is 4.31. The van der Waals surface area contributed by atoms with Crippen molar-refractivity contribution in [3.63, 3.8) is 0 Å². The molecule has 1 aliphatic rings. The maximum atomic E-state index is 13.3. The molecule has 28 heavy (non-hydrogen) atoms. The number of anilines is 1. The molecule has 10 heteroatoms. The number of aromatic nitrogens is 2. The number of halogens is 3. The molecule has 0 saturated carbocycles. The van der Waals surface area contributed by atoms with Crippen molar-refractivity contribution in [2.24, 2.45) is 4.99 Å². The van der Waals surface area contributed by atoms with Gasteiger partial charge in [0, 0.05) is 39.8 Å². The molecule has 0 atom stereocenters. The van der Waals surface area contributed by atoms with Crippen LogP contribution in [0.2, 0.25) is 0 Å². The van der Waals surface area contributed by atoms with E-state index in [1.54, 1.807) is 26.4 Å². The quantitative estimate of drug-likeness (QED) is 0.350. The zero-order valence-electron chi connectivity index (χ0n) is 15.7. The maximum Gasteiger partial charge on any atom is 0.232 e. The molecule has 1 aromatic carbocycles. The summed E-state index contributed by atoms with van der Waals surface area (Å²) in [5.41, 5.74) is 0.880. The lowest BCUT2D eigenvalue weighted by molar-refractivity contribution is 0.366. The molecule has 1 saturated heterocycles. The topological polar surface area (TPSA) is 65.9 Å². The summed E-state index contributed by atoms with van der Waals surface area (Å²) in [6.45, 7) is 3.63. The van der Waals surface area contributed by atoms with Gasteiger partial charge < -0.3 is 19.9 Å². The fourth-order valence-electron chi connectivity index (χ4n) is 2.92. The van der Waals surface area contributed by atoms with E-state index in [9.17, 15) is 4.39 Å². The minimum atomic E-state index is -0.233. The number of hydrogen-bond acceptors (Lipinski definition) is 5. The number of methoxy groups -OCH3 is 1. The van der Waals surface area contributed by atoms with Crippen LogP contribution in [0.25, 0.3) is 0 Å². The molecule has 152 valence electrons. The molecule has 2 aromatic rings. The van der Waals surface area contributed by atoms with Gasteiger partial charge in [0.25, 0.3) is 0 Å². The molecule has 1 aromatic heterocycles. The Kier molecular flexibility index (Phi) is 8.67. The van der Waals surface area contributed by atoms with Gasteiger partial charge in [0.1, 0.15) is 5.82 Å². The Hall–Kier alpha value is -1.69. The molecule has 1 aliphatic heterocycles. The fraction of sp³-hybridized carbons (Fsp3) is 0.389. The first-order valence-electron chi connectivity index (χ1n) is 8.62. The van der Waals surface area contributed by atoms with Crippen LogP contribution in [0.15, 0.2) is 39.9 Å². The number of piperazine rings is 1. The molecule has 0 amide bonds. The van der Waals surface area contributed by atoms with Crippen molar-refractivity contribution < 1.29 is 9.13 Å². The maximum absolute atomic E-state index is 13.3. The number of guanidine groups is 1. The molecule has 0 unspecified atom stereocenters. The zero-order chi connectivity index (χ0) is 19.2. The van der Waals surface area contributed by atoms with Crippen LogP contribution in [0.5, 0.6) is 5.88 Å². The molecule has 3 rings (SSSR count). The Balaban J connectivity index is 0.00000280. The van der Waals surface area contributed by atoms with Crippen molar-refractivity contribution in [2.45, 2.75) is 6.54 Å². The van der Waals surface area contributed by atoms with Crippen LogP contribution in [0.4, 0.5) is 10.3 Å². The molecule has 2 heterocycles. The molecule has 7 nitrogen and oxygen atoms in total. The summed E-state index contributed by atoms with van der Waals surface area (Å²) in [5, 5.41) is 3.30. The number of ether oxygens (including phenoxy) is 1. The summed E-state index contributed by atoms with van der Waals surface area (Å²) in [5.74, 6) is 1.74. The van der Waals surface area contributed by atoms with Gasteiger partial charge in [-0.1, -0.05) is 12.1 Å². The van der Waals surface area contributed by atoms with Crippen LogP contribution in [-0.2, 0) is 6.54 Å². The molecule has 0 radical (unpaired) electrons. The number of nitrogens with one attached hydrogen (secondary N) is 1. The van der Waals surface area contributed by atoms with E-state index in [4.69, 9.17) is 4.74 Å². The second-order valence-corrected chi connectivity index (χ2v) is 6.89. The lowest BCUT2D eigenvalue weighted by Gasteiger charge is -2.36. The second kappa shape index (κ2) is 10.7. The van der Waals surface area contributed by atoms with Crippen LogP contribution in [0, 0.1) is 5.82 Å². The van der Waals surface area contributed by atoms with Gasteiger partial charge in [0.2, 0.25) is 11.8 Å². The highest BCUT2D eigenvalue weighted by molar-refractivity contribution is 14.0. The Bertz CT molecular complexity index is 816. The van der Waals surface area contributed by atoms with Crippen molar-refractivity contribution in [3.05, 3.63) is 46.3 Å². The minimum Gasteiger partial charge on any atom is -0.480 e. The van der Waals surface area contributed by atoms with Gasteiger partial charge >= 0.3 is 0 Å². The van der Waals surface area contributed by atoms with Crippen LogP contribution in [0.1, 0.15) is 5.56 Å². The number of rotatable bonds is 4. The normalized spacial score (nSPS) is 14.5. The third kappa shape index (κ3) is 5.66.